The molecule has 0 saturated carbocycles. The zero-order chi connectivity index (χ0) is 31.5. The normalized spacial score (nSPS) is 14.7. The lowest BCUT2D eigenvalue weighted by molar-refractivity contribution is -0.325. The third-order valence-electron chi connectivity index (χ3n) is 7.13. The Balaban J connectivity index is 1.32. The van der Waals surface area contributed by atoms with E-state index in [0.717, 1.165) is 11.4 Å². The number of alkyl halides is 3. The molecule has 3 aromatic heterocycles. The highest BCUT2D eigenvalue weighted by atomic mass is 19.4. The summed E-state index contributed by atoms with van der Waals surface area (Å²) < 4.78 is 43.7. The maximum absolute atomic E-state index is 13.3. The van der Waals surface area contributed by atoms with Gasteiger partial charge in [0.2, 0.25) is 5.95 Å². The molecule has 1 fully saturated rings. The van der Waals surface area contributed by atoms with Crippen molar-refractivity contribution >= 4 is 28.4 Å². The number of anilines is 3. The Hall–Kier alpha value is -4.27. The number of hydrogen-bond donors (Lipinski definition) is 2. The summed E-state index contributed by atoms with van der Waals surface area (Å²) in [6.07, 6.45) is -1.17. The third kappa shape index (κ3) is 7.62. The molecule has 1 aliphatic heterocycles. The van der Waals surface area contributed by atoms with Gasteiger partial charge in [-0.3, -0.25) is 14.4 Å². The lowest BCUT2D eigenvalue weighted by Crippen LogP contribution is -2.47. The quantitative estimate of drug-likeness (QED) is 0.244. The van der Waals surface area contributed by atoms with Gasteiger partial charge in [-0.2, -0.15) is 4.98 Å². The molecular weight excluding hydrogens is 577 g/mol. The molecule has 14 heteroatoms. The average molecular weight is 613 g/mol. The number of hydrogen-bond acceptors (Lipinski definition) is 9. The van der Waals surface area contributed by atoms with Gasteiger partial charge in [-0.25, -0.2) is 19.3 Å². The molecule has 2 N–H and O–H groups in total. The van der Waals surface area contributed by atoms with E-state index in [1.54, 1.807) is 30.7 Å². The van der Waals surface area contributed by atoms with E-state index in [9.17, 15) is 23.1 Å². The molecule has 0 bridgehead atoms. The van der Waals surface area contributed by atoms with Gasteiger partial charge in [0.1, 0.15) is 5.39 Å². The second kappa shape index (κ2) is 12.8. The number of halogens is 3. The molecule has 1 aromatic carbocycles. The number of aliphatic hydroxyl groups is 1. The summed E-state index contributed by atoms with van der Waals surface area (Å²) in [7, 11) is 0. The summed E-state index contributed by atoms with van der Waals surface area (Å²) in [4.78, 5) is 31.1. The van der Waals surface area contributed by atoms with Crippen LogP contribution in [0.25, 0.3) is 16.9 Å². The van der Waals surface area contributed by atoms with Crippen LogP contribution in [0.2, 0.25) is 0 Å². The summed E-state index contributed by atoms with van der Waals surface area (Å²) in [6.45, 7) is 9.92. The van der Waals surface area contributed by atoms with Crippen molar-refractivity contribution in [1.82, 2.24) is 29.2 Å². The number of aromatic nitrogens is 5. The van der Waals surface area contributed by atoms with Crippen molar-refractivity contribution in [2.45, 2.75) is 38.8 Å². The zero-order valence-corrected chi connectivity index (χ0v) is 24.6. The first-order chi connectivity index (χ1) is 20.9. The van der Waals surface area contributed by atoms with Crippen LogP contribution >= 0.6 is 0 Å². The first kappa shape index (κ1) is 31.2. The number of nitrogens with zero attached hydrogens (tertiary/aromatic N) is 7. The molecule has 1 saturated heterocycles. The molecule has 0 atom stereocenters. The van der Waals surface area contributed by atoms with Crippen molar-refractivity contribution in [3.63, 3.8) is 0 Å². The van der Waals surface area contributed by atoms with Crippen LogP contribution in [0.4, 0.5) is 30.5 Å². The van der Waals surface area contributed by atoms with Crippen molar-refractivity contribution in [3.05, 3.63) is 77.4 Å². The van der Waals surface area contributed by atoms with E-state index in [1.807, 2.05) is 41.3 Å². The molecule has 11 nitrogen and oxygen atoms in total. The van der Waals surface area contributed by atoms with E-state index in [4.69, 9.17) is 4.98 Å². The monoisotopic (exact) mass is 612 g/mol. The lowest BCUT2D eigenvalue weighted by atomic mass is 10.0. The van der Waals surface area contributed by atoms with Crippen molar-refractivity contribution in [2.75, 3.05) is 49.5 Å². The van der Waals surface area contributed by atoms with Gasteiger partial charge >= 0.3 is 6.36 Å². The first-order valence-corrected chi connectivity index (χ1v) is 14.2. The molecular formula is C30H35F3N8O3. The predicted molar refractivity (Wildman–Crippen MR) is 162 cm³/mol. The van der Waals surface area contributed by atoms with Crippen LogP contribution in [0.15, 0.2) is 66.1 Å². The summed E-state index contributed by atoms with van der Waals surface area (Å²) in [5, 5.41) is 13.8. The standard InChI is InChI=1S/C30H35F3N8O3/c1-4-12-40-27(42)24-20-34-28(37-26(24)41(40)25-7-5-6-22(35-25)19-29(2,3)43)36-21-8-10-23(11-9-21)39-15-13-38(14-16-39)17-18-44-30(31,32)33/h4-11,20,43H,1,12-19H2,2-3H3,(H,34,36,37). The summed E-state index contributed by atoms with van der Waals surface area (Å²) in [5.74, 6) is 0.764. The smallest absolute Gasteiger partial charge is 0.390 e. The van der Waals surface area contributed by atoms with Crippen LogP contribution in [-0.4, -0.2) is 85.6 Å². The molecule has 0 aliphatic carbocycles. The highest BCUT2D eigenvalue weighted by Crippen LogP contribution is 2.23. The van der Waals surface area contributed by atoms with Crippen LogP contribution in [0.1, 0.15) is 19.5 Å². The highest BCUT2D eigenvalue weighted by molar-refractivity contribution is 5.77. The molecule has 0 radical (unpaired) electrons. The third-order valence-corrected chi connectivity index (χ3v) is 7.13. The summed E-state index contributed by atoms with van der Waals surface area (Å²) >= 11 is 0. The fourth-order valence-electron chi connectivity index (χ4n) is 5.14. The number of rotatable bonds is 11. The fourth-order valence-corrected chi connectivity index (χ4v) is 5.14. The van der Waals surface area contributed by atoms with Crippen LogP contribution in [-0.2, 0) is 17.7 Å². The number of nitrogens with one attached hydrogen (secondary N) is 1. The molecule has 0 amide bonds. The van der Waals surface area contributed by atoms with Gasteiger partial charge in [-0.1, -0.05) is 12.1 Å². The van der Waals surface area contributed by atoms with Gasteiger partial charge in [0.05, 0.1) is 18.8 Å². The summed E-state index contributed by atoms with van der Waals surface area (Å²) in [6, 6.07) is 13.1. The molecule has 234 valence electrons. The molecule has 5 rings (SSSR count). The SMILES string of the molecule is C=CCn1c(=O)c2cnc(Nc3ccc(N4CCN(CCOC(F)(F)F)CC4)cc3)nc2n1-c1cccc(CC(C)(C)O)n1. The Bertz CT molecular complexity index is 1650. The van der Waals surface area contributed by atoms with Gasteiger partial charge < -0.3 is 15.3 Å². The fraction of sp³-hybridized carbons (Fsp3) is 0.400. The van der Waals surface area contributed by atoms with E-state index in [0.29, 0.717) is 55.1 Å². The van der Waals surface area contributed by atoms with Gasteiger partial charge in [0.15, 0.2) is 11.5 Å². The molecule has 4 aromatic rings. The number of fused-ring (bicyclic) bond motifs is 1. The Morgan fingerprint density at radius 1 is 1.07 bits per heavy atom. The Kier molecular flexibility index (Phi) is 9.04. The van der Waals surface area contributed by atoms with E-state index < -0.39 is 12.0 Å². The van der Waals surface area contributed by atoms with Gasteiger partial charge in [0.25, 0.3) is 5.56 Å². The minimum Gasteiger partial charge on any atom is -0.390 e. The molecule has 4 heterocycles. The van der Waals surface area contributed by atoms with Crippen molar-refractivity contribution in [3.8, 4) is 5.82 Å². The van der Waals surface area contributed by atoms with E-state index >= 15 is 0 Å². The number of pyridine rings is 1. The van der Waals surface area contributed by atoms with Crippen LogP contribution in [0.5, 0.6) is 0 Å². The van der Waals surface area contributed by atoms with Gasteiger partial charge in [-0.05, 0) is 50.2 Å². The maximum atomic E-state index is 13.3. The Morgan fingerprint density at radius 2 is 1.80 bits per heavy atom. The Labute approximate surface area is 252 Å². The average Bonchev–Trinajstić information content (AvgIpc) is 3.23. The van der Waals surface area contributed by atoms with Crippen molar-refractivity contribution in [1.29, 1.82) is 0 Å². The van der Waals surface area contributed by atoms with E-state index in [1.165, 1.54) is 10.9 Å². The maximum Gasteiger partial charge on any atom is 0.522 e. The largest absolute Gasteiger partial charge is 0.522 e. The van der Waals surface area contributed by atoms with E-state index in [2.05, 4.69) is 31.5 Å². The summed E-state index contributed by atoms with van der Waals surface area (Å²) in [5.41, 5.74) is 1.53. The second-order valence-corrected chi connectivity index (χ2v) is 11.2. The molecule has 44 heavy (non-hydrogen) atoms. The number of allylic oxidation sites excluding steroid dienone is 1. The lowest BCUT2D eigenvalue weighted by Gasteiger charge is -2.36. The van der Waals surface area contributed by atoms with Gasteiger partial charge in [-0.15, -0.1) is 19.8 Å². The minimum atomic E-state index is -4.60. The van der Waals surface area contributed by atoms with Crippen molar-refractivity contribution < 1.29 is 23.0 Å². The topological polar surface area (TPSA) is 114 Å². The molecule has 0 unspecified atom stereocenters. The number of benzene rings is 1. The first-order valence-electron chi connectivity index (χ1n) is 14.2. The zero-order valence-electron chi connectivity index (χ0n) is 24.6. The minimum absolute atomic E-state index is 0.229. The van der Waals surface area contributed by atoms with Gasteiger partial charge in [0, 0.05) is 62.4 Å². The molecule has 0 spiro atoms. The van der Waals surface area contributed by atoms with Crippen LogP contribution in [0.3, 0.4) is 0 Å². The Morgan fingerprint density at radius 3 is 2.45 bits per heavy atom. The molecule has 1 aliphatic rings. The highest BCUT2D eigenvalue weighted by Gasteiger charge is 2.29. The van der Waals surface area contributed by atoms with Crippen LogP contribution in [0, 0.1) is 0 Å². The number of piperazine rings is 1. The van der Waals surface area contributed by atoms with E-state index in [-0.39, 0.29) is 31.2 Å². The predicted octanol–water partition coefficient (Wildman–Crippen LogP) is 3.88. The van der Waals surface area contributed by atoms with Crippen molar-refractivity contribution in [2.24, 2.45) is 0 Å². The van der Waals surface area contributed by atoms with Crippen LogP contribution < -0.4 is 15.8 Å². The number of ether oxygens (including phenoxy) is 1. The second-order valence-electron chi connectivity index (χ2n) is 11.2.